The Bertz CT molecular complexity index is 192. The highest BCUT2D eigenvalue weighted by molar-refractivity contribution is 5.78. The minimum Gasteiger partial charge on any atom is -0.356 e. The van der Waals surface area contributed by atoms with Crippen LogP contribution >= 0.6 is 0 Å². The lowest BCUT2D eigenvalue weighted by molar-refractivity contribution is -0.124. The molecule has 0 radical (unpaired) electrons. The first kappa shape index (κ1) is 13.9. The second kappa shape index (κ2) is 9.46. The minimum absolute atomic E-state index is 0.0159. The number of rotatable bonds is 9. The Morgan fingerprint density at radius 1 is 1.27 bits per heavy atom. The van der Waals surface area contributed by atoms with Crippen LogP contribution in [0.5, 0.6) is 0 Å². The molecule has 0 saturated carbocycles. The summed E-state index contributed by atoms with van der Waals surface area (Å²) < 4.78 is 0. The number of hydrogen-bond donors (Lipinski definition) is 2. The van der Waals surface area contributed by atoms with E-state index in [4.69, 9.17) is 5.73 Å². The Morgan fingerprint density at radius 3 is 2.33 bits per heavy atom. The SMILES string of the molecule is C=CCC(CC=C)C(=O)NCCCCN. The van der Waals surface area contributed by atoms with Gasteiger partial charge in [-0.15, -0.1) is 13.2 Å². The first-order valence-corrected chi connectivity index (χ1v) is 5.45. The van der Waals surface area contributed by atoms with E-state index in [2.05, 4.69) is 18.5 Å². The van der Waals surface area contributed by atoms with Crippen LogP contribution in [0.1, 0.15) is 25.7 Å². The van der Waals surface area contributed by atoms with Crippen molar-refractivity contribution in [2.24, 2.45) is 11.7 Å². The number of nitrogens with two attached hydrogens (primary N) is 1. The first-order valence-electron chi connectivity index (χ1n) is 5.45. The Balaban J connectivity index is 3.80. The van der Waals surface area contributed by atoms with Crippen molar-refractivity contribution in [2.75, 3.05) is 13.1 Å². The van der Waals surface area contributed by atoms with Gasteiger partial charge < -0.3 is 11.1 Å². The van der Waals surface area contributed by atoms with Crippen molar-refractivity contribution in [3.8, 4) is 0 Å². The molecule has 3 nitrogen and oxygen atoms in total. The predicted octanol–water partition coefficient (Wildman–Crippen LogP) is 1.61. The third kappa shape index (κ3) is 6.91. The van der Waals surface area contributed by atoms with Crippen LogP contribution in [0.25, 0.3) is 0 Å². The average Bonchev–Trinajstić information content (AvgIpc) is 2.24. The highest BCUT2D eigenvalue weighted by Gasteiger charge is 2.14. The van der Waals surface area contributed by atoms with Crippen LogP contribution in [-0.2, 0) is 4.79 Å². The molecular weight excluding hydrogens is 188 g/mol. The Kier molecular flexibility index (Phi) is 8.78. The fraction of sp³-hybridized carbons (Fsp3) is 0.583. The molecule has 0 heterocycles. The highest BCUT2D eigenvalue weighted by atomic mass is 16.1. The zero-order valence-corrected chi connectivity index (χ0v) is 9.37. The normalized spacial score (nSPS) is 10.0. The summed E-state index contributed by atoms with van der Waals surface area (Å²) in [5.74, 6) is 0.0738. The molecule has 0 aliphatic carbocycles. The fourth-order valence-electron chi connectivity index (χ4n) is 1.34. The summed E-state index contributed by atoms with van der Waals surface area (Å²) in [5, 5.41) is 2.90. The molecule has 0 rings (SSSR count). The van der Waals surface area contributed by atoms with Gasteiger partial charge in [0.05, 0.1) is 0 Å². The summed E-state index contributed by atoms with van der Waals surface area (Å²) in [4.78, 5) is 11.6. The summed E-state index contributed by atoms with van der Waals surface area (Å²) in [6.45, 7) is 8.68. The van der Waals surface area contributed by atoms with E-state index < -0.39 is 0 Å². The first-order chi connectivity index (χ1) is 7.26. The van der Waals surface area contributed by atoms with E-state index in [0.717, 1.165) is 12.8 Å². The molecule has 0 atom stereocenters. The van der Waals surface area contributed by atoms with Crippen LogP contribution in [0.4, 0.5) is 0 Å². The zero-order valence-electron chi connectivity index (χ0n) is 9.37. The number of unbranched alkanes of at least 4 members (excludes halogenated alkanes) is 1. The number of amides is 1. The van der Waals surface area contributed by atoms with Gasteiger partial charge in [-0.25, -0.2) is 0 Å². The largest absolute Gasteiger partial charge is 0.356 e. The molecule has 0 unspecified atom stereocenters. The van der Waals surface area contributed by atoms with Crippen LogP contribution in [0.15, 0.2) is 25.3 Å². The number of nitrogens with one attached hydrogen (secondary N) is 1. The summed E-state index contributed by atoms with van der Waals surface area (Å²) >= 11 is 0. The molecule has 15 heavy (non-hydrogen) atoms. The molecule has 0 bridgehead atoms. The van der Waals surface area contributed by atoms with Crippen molar-refractivity contribution in [1.29, 1.82) is 0 Å². The minimum atomic E-state index is -0.0159. The van der Waals surface area contributed by atoms with E-state index in [-0.39, 0.29) is 11.8 Å². The molecule has 1 amide bonds. The maximum atomic E-state index is 11.6. The van der Waals surface area contributed by atoms with E-state index in [0.29, 0.717) is 25.9 Å². The van der Waals surface area contributed by atoms with Gasteiger partial charge in [0.1, 0.15) is 0 Å². The molecule has 0 saturated heterocycles. The van der Waals surface area contributed by atoms with E-state index in [1.807, 2.05) is 0 Å². The van der Waals surface area contributed by atoms with Gasteiger partial charge in [0.15, 0.2) is 0 Å². The quantitative estimate of drug-likeness (QED) is 0.449. The topological polar surface area (TPSA) is 55.1 Å². The maximum absolute atomic E-state index is 11.6. The fourth-order valence-corrected chi connectivity index (χ4v) is 1.34. The number of allylic oxidation sites excluding steroid dienone is 2. The molecule has 0 fully saturated rings. The second-order valence-electron chi connectivity index (χ2n) is 3.53. The number of hydrogen-bond acceptors (Lipinski definition) is 2. The van der Waals surface area contributed by atoms with Crippen LogP contribution < -0.4 is 11.1 Å². The molecule has 0 aromatic heterocycles. The highest BCUT2D eigenvalue weighted by Crippen LogP contribution is 2.09. The van der Waals surface area contributed by atoms with Gasteiger partial charge in [-0.2, -0.15) is 0 Å². The molecule has 0 aromatic carbocycles. The van der Waals surface area contributed by atoms with Crippen molar-refractivity contribution < 1.29 is 4.79 Å². The third-order valence-electron chi connectivity index (χ3n) is 2.20. The van der Waals surface area contributed by atoms with Gasteiger partial charge in [0.2, 0.25) is 5.91 Å². The van der Waals surface area contributed by atoms with Gasteiger partial charge in [0.25, 0.3) is 0 Å². The van der Waals surface area contributed by atoms with Gasteiger partial charge in [-0.05, 0) is 32.2 Å². The Morgan fingerprint density at radius 2 is 1.87 bits per heavy atom. The summed E-state index contributed by atoms with van der Waals surface area (Å²) in [6.07, 6.45) is 6.84. The molecular formula is C12H22N2O. The number of carbonyl (C=O) groups is 1. The van der Waals surface area contributed by atoms with Gasteiger partial charge in [-0.1, -0.05) is 12.2 Å². The van der Waals surface area contributed by atoms with Gasteiger partial charge in [0, 0.05) is 12.5 Å². The second-order valence-corrected chi connectivity index (χ2v) is 3.53. The van der Waals surface area contributed by atoms with Crippen molar-refractivity contribution in [3.05, 3.63) is 25.3 Å². The molecule has 86 valence electrons. The lowest BCUT2D eigenvalue weighted by atomic mass is 10.0. The Hall–Kier alpha value is -1.09. The summed E-state index contributed by atoms with van der Waals surface area (Å²) in [5.41, 5.74) is 5.36. The molecule has 0 aliphatic heterocycles. The van der Waals surface area contributed by atoms with E-state index in [1.165, 1.54) is 0 Å². The van der Waals surface area contributed by atoms with Gasteiger partial charge >= 0.3 is 0 Å². The van der Waals surface area contributed by atoms with Crippen molar-refractivity contribution in [2.45, 2.75) is 25.7 Å². The molecule has 3 heteroatoms. The number of carbonyl (C=O) groups excluding carboxylic acids is 1. The Labute approximate surface area is 92.4 Å². The molecule has 0 aliphatic rings. The summed E-state index contributed by atoms with van der Waals surface area (Å²) in [7, 11) is 0. The predicted molar refractivity (Wildman–Crippen MR) is 64.4 cm³/mol. The molecule has 0 aromatic rings. The van der Waals surface area contributed by atoms with E-state index in [9.17, 15) is 4.79 Å². The zero-order chi connectivity index (χ0) is 11.5. The standard InChI is InChI=1S/C12H22N2O/c1-3-7-11(8-4-2)12(15)14-10-6-5-9-13/h3-4,11H,1-2,5-10,13H2,(H,14,15). The van der Waals surface area contributed by atoms with Crippen LogP contribution in [0.3, 0.4) is 0 Å². The maximum Gasteiger partial charge on any atom is 0.223 e. The molecule has 3 N–H and O–H groups in total. The molecule has 0 spiro atoms. The third-order valence-corrected chi connectivity index (χ3v) is 2.20. The van der Waals surface area contributed by atoms with Gasteiger partial charge in [-0.3, -0.25) is 4.79 Å². The monoisotopic (exact) mass is 210 g/mol. The smallest absolute Gasteiger partial charge is 0.223 e. The van der Waals surface area contributed by atoms with Crippen LogP contribution in [0, 0.1) is 5.92 Å². The van der Waals surface area contributed by atoms with Crippen LogP contribution in [0.2, 0.25) is 0 Å². The van der Waals surface area contributed by atoms with E-state index >= 15 is 0 Å². The lowest BCUT2D eigenvalue weighted by Gasteiger charge is -2.12. The van der Waals surface area contributed by atoms with Crippen molar-refractivity contribution >= 4 is 5.91 Å². The average molecular weight is 210 g/mol. The summed E-state index contributed by atoms with van der Waals surface area (Å²) in [6, 6.07) is 0. The van der Waals surface area contributed by atoms with E-state index in [1.54, 1.807) is 12.2 Å². The van der Waals surface area contributed by atoms with Crippen LogP contribution in [-0.4, -0.2) is 19.0 Å². The van der Waals surface area contributed by atoms with Crippen molar-refractivity contribution in [1.82, 2.24) is 5.32 Å². The lowest BCUT2D eigenvalue weighted by Crippen LogP contribution is -2.31. The van der Waals surface area contributed by atoms with Crippen molar-refractivity contribution in [3.63, 3.8) is 0 Å².